The van der Waals surface area contributed by atoms with E-state index in [4.69, 9.17) is 9.47 Å². The zero-order valence-corrected chi connectivity index (χ0v) is 17.8. The predicted octanol–water partition coefficient (Wildman–Crippen LogP) is 5.58. The summed E-state index contributed by atoms with van der Waals surface area (Å²) in [5, 5.41) is 7.53. The van der Waals surface area contributed by atoms with Gasteiger partial charge in [-0.25, -0.2) is 8.78 Å². The molecule has 2 aliphatic carbocycles. The topological polar surface area (TPSA) is 48.7 Å². The summed E-state index contributed by atoms with van der Waals surface area (Å²) < 4.78 is 81.5. The highest BCUT2D eigenvalue weighted by molar-refractivity contribution is 5.57. The molecular weight excluding hydrogens is 445 g/mol. The SMILES string of the molecule is CO[C@]1(c2ccc(F)cc2)CC[C@H](Oc2ccn3c([C@H]4C[C@@H]4F)nnc3c2C(F)(F)F)CC1. The third-order valence-electron chi connectivity index (χ3n) is 6.69. The third-order valence-corrected chi connectivity index (χ3v) is 6.69. The highest BCUT2D eigenvalue weighted by Gasteiger charge is 2.45. The van der Waals surface area contributed by atoms with Gasteiger partial charge in [0, 0.05) is 13.3 Å². The number of aromatic nitrogens is 3. The van der Waals surface area contributed by atoms with Gasteiger partial charge in [0.1, 0.15) is 29.1 Å². The molecule has 2 aliphatic rings. The second-order valence-electron chi connectivity index (χ2n) is 8.69. The van der Waals surface area contributed by atoms with Gasteiger partial charge in [0.2, 0.25) is 0 Å². The molecule has 5 rings (SSSR count). The fourth-order valence-electron chi connectivity index (χ4n) is 4.72. The maximum atomic E-state index is 14.0. The molecule has 0 spiro atoms. The van der Waals surface area contributed by atoms with Crippen molar-refractivity contribution >= 4 is 5.65 Å². The van der Waals surface area contributed by atoms with E-state index in [1.54, 1.807) is 19.2 Å². The molecule has 10 heteroatoms. The molecule has 0 unspecified atom stereocenters. The van der Waals surface area contributed by atoms with Crippen molar-refractivity contribution < 1.29 is 31.4 Å². The first-order valence-corrected chi connectivity index (χ1v) is 10.8. The van der Waals surface area contributed by atoms with Crippen LogP contribution in [0, 0.1) is 5.82 Å². The molecular formula is C23H22F5N3O2. The lowest BCUT2D eigenvalue weighted by Gasteiger charge is -2.39. The monoisotopic (exact) mass is 467 g/mol. The van der Waals surface area contributed by atoms with Crippen molar-refractivity contribution in [3.63, 3.8) is 0 Å². The van der Waals surface area contributed by atoms with Crippen LogP contribution in [0.2, 0.25) is 0 Å². The predicted molar refractivity (Wildman–Crippen MR) is 108 cm³/mol. The van der Waals surface area contributed by atoms with Crippen LogP contribution in [0.15, 0.2) is 36.5 Å². The van der Waals surface area contributed by atoms with Gasteiger partial charge in [-0.05, 0) is 55.9 Å². The second-order valence-corrected chi connectivity index (χ2v) is 8.69. The molecule has 2 heterocycles. The Morgan fingerprint density at radius 1 is 1.06 bits per heavy atom. The Hall–Kier alpha value is -2.75. The Kier molecular flexibility index (Phi) is 5.30. The maximum absolute atomic E-state index is 14.0. The maximum Gasteiger partial charge on any atom is 0.423 e. The quantitative estimate of drug-likeness (QED) is 0.460. The summed E-state index contributed by atoms with van der Waals surface area (Å²) in [6, 6.07) is 7.31. The first-order valence-electron chi connectivity index (χ1n) is 10.8. The van der Waals surface area contributed by atoms with Crippen LogP contribution in [0.1, 0.15) is 55.0 Å². The molecule has 0 N–H and O–H groups in total. The van der Waals surface area contributed by atoms with Crippen LogP contribution in [-0.4, -0.2) is 34.0 Å². The number of benzene rings is 1. The summed E-state index contributed by atoms with van der Waals surface area (Å²) in [6.45, 7) is 0. The summed E-state index contributed by atoms with van der Waals surface area (Å²) in [5.74, 6) is -1.01. The number of pyridine rings is 1. The van der Waals surface area contributed by atoms with E-state index in [2.05, 4.69) is 10.2 Å². The number of methoxy groups -OCH3 is 1. The first kappa shape index (κ1) is 22.1. The Labute approximate surface area is 186 Å². The van der Waals surface area contributed by atoms with E-state index >= 15 is 0 Å². The highest BCUT2D eigenvalue weighted by Crippen LogP contribution is 2.46. The average Bonchev–Trinajstić information content (AvgIpc) is 3.36. The summed E-state index contributed by atoms with van der Waals surface area (Å²) in [4.78, 5) is 0. The average molecular weight is 467 g/mol. The fraction of sp³-hybridized carbons (Fsp3) is 0.478. The van der Waals surface area contributed by atoms with Crippen LogP contribution >= 0.6 is 0 Å². The molecule has 2 fully saturated rings. The van der Waals surface area contributed by atoms with Gasteiger partial charge in [-0.15, -0.1) is 10.2 Å². The Morgan fingerprint density at radius 2 is 1.73 bits per heavy atom. The van der Waals surface area contributed by atoms with Crippen molar-refractivity contribution in [2.45, 2.75) is 62.1 Å². The largest absolute Gasteiger partial charge is 0.490 e. The van der Waals surface area contributed by atoms with E-state index < -0.39 is 35.5 Å². The summed E-state index contributed by atoms with van der Waals surface area (Å²) in [5.41, 5.74) is -1.21. The molecule has 0 radical (unpaired) electrons. The van der Waals surface area contributed by atoms with Gasteiger partial charge in [-0.3, -0.25) is 4.40 Å². The smallest absolute Gasteiger partial charge is 0.423 e. The van der Waals surface area contributed by atoms with Gasteiger partial charge < -0.3 is 9.47 Å². The van der Waals surface area contributed by atoms with Crippen LogP contribution < -0.4 is 4.74 Å². The van der Waals surface area contributed by atoms with E-state index in [0.717, 1.165) is 5.56 Å². The Bertz CT molecular complexity index is 1150. The van der Waals surface area contributed by atoms with Gasteiger partial charge in [-0.2, -0.15) is 13.2 Å². The summed E-state index contributed by atoms with van der Waals surface area (Å²) >= 11 is 0. The number of fused-ring (bicyclic) bond motifs is 1. The number of ether oxygens (including phenoxy) is 2. The molecule has 2 aromatic heterocycles. The molecule has 2 atom stereocenters. The van der Waals surface area contributed by atoms with Gasteiger partial charge in [0.15, 0.2) is 5.65 Å². The van der Waals surface area contributed by atoms with Crippen molar-refractivity contribution in [1.82, 2.24) is 14.6 Å². The standard InChI is InChI=1S/C23H22F5N3O2/c1-32-22(13-2-4-14(24)5-3-13)9-6-15(7-10-22)33-18-8-11-31-20(16-12-17(16)25)29-30-21(31)19(18)23(26,27)28/h2-5,8,11,15-17H,6-7,9-10,12H2,1H3/t15-,16-,17-,22+/m0/s1. The number of hydrogen-bond donors (Lipinski definition) is 0. The lowest BCUT2D eigenvalue weighted by Crippen LogP contribution is -2.37. The van der Waals surface area contributed by atoms with Crippen molar-refractivity contribution in [3.05, 3.63) is 59.3 Å². The minimum Gasteiger partial charge on any atom is -0.490 e. The minimum atomic E-state index is -4.72. The Balaban J connectivity index is 1.39. The molecule has 5 nitrogen and oxygen atoms in total. The molecule has 0 saturated heterocycles. The molecule has 2 saturated carbocycles. The summed E-state index contributed by atoms with van der Waals surface area (Å²) in [7, 11) is 1.57. The number of halogens is 5. The van der Waals surface area contributed by atoms with Gasteiger partial charge >= 0.3 is 6.18 Å². The van der Waals surface area contributed by atoms with Crippen LogP contribution in [0.3, 0.4) is 0 Å². The van der Waals surface area contributed by atoms with E-state index in [0.29, 0.717) is 25.7 Å². The molecule has 0 amide bonds. The second kappa shape index (κ2) is 7.93. The number of alkyl halides is 4. The van der Waals surface area contributed by atoms with Crippen LogP contribution in [0.25, 0.3) is 5.65 Å². The minimum absolute atomic E-state index is 0.191. The number of hydrogen-bond acceptors (Lipinski definition) is 4. The lowest BCUT2D eigenvalue weighted by atomic mass is 9.78. The van der Waals surface area contributed by atoms with E-state index in [-0.39, 0.29) is 29.5 Å². The van der Waals surface area contributed by atoms with Crippen molar-refractivity contribution in [1.29, 1.82) is 0 Å². The van der Waals surface area contributed by atoms with E-state index in [9.17, 15) is 22.0 Å². The molecule has 3 aromatic rings. The lowest BCUT2D eigenvalue weighted by molar-refractivity contribution is -0.138. The zero-order chi connectivity index (χ0) is 23.4. The third kappa shape index (κ3) is 3.94. The normalized spacial score (nSPS) is 27.6. The van der Waals surface area contributed by atoms with Crippen molar-refractivity contribution in [2.24, 2.45) is 0 Å². The molecule has 33 heavy (non-hydrogen) atoms. The van der Waals surface area contributed by atoms with Gasteiger partial charge in [0.25, 0.3) is 0 Å². The van der Waals surface area contributed by atoms with Crippen LogP contribution in [0.5, 0.6) is 5.75 Å². The first-order chi connectivity index (χ1) is 15.7. The zero-order valence-electron chi connectivity index (χ0n) is 17.8. The van der Waals surface area contributed by atoms with E-state index in [1.165, 1.54) is 28.8 Å². The van der Waals surface area contributed by atoms with E-state index in [1.807, 2.05) is 0 Å². The van der Waals surface area contributed by atoms with Crippen molar-refractivity contribution in [3.8, 4) is 5.75 Å². The number of nitrogens with zero attached hydrogens (tertiary/aromatic N) is 3. The van der Waals surface area contributed by atoms with Crippen LogP contribution in [0.4, 0.5) is 22.0 Å². The Morgan fingerprint density at radius 3 is 2.30 bits per heavy atom. The van der Waals surface area contributed by atoms with Gasteiger partial charge in [-0.1, -0.05) is 12.1 Å². The molecule has 176 valence electrons. The van der Waals surface area contributed by atoms with Gasteiger partial charge in [0.05, 0.1) is 17.6 Å². The molecule has 0 bridgehead atoms. The summed E-state index contributed by atoms with van der Waals surface area (Å²) in [6.07, 6.45) is -2.71. The molecule has 0 aliphatic heterocycles. The fourth-order valence-corrected chi connectivity index (χ4v) is 4.72. The van der Waals surface area contributed by atoms with Crippen LogP contribution in [-0.2, 0) is 16.5 Å². The van der Waals surface area contributed by atoms with Crippen molar-refractivity contribution in [2.75, 3.05) is 7.11 Å². The number of rotatable bonds is 5. The molecule has 1 aromatic carbocycles. The highest BCUT2D eigenvalue weighted by atomic mass is 19.4.